The zero-order valence-corrected chi connectivity index (χ0v) is 11.3. The molecule has 1 N–H and O–H groups in total. The number of carboxylic acid groups (broad SMARTS) is 1. The van der Waals surface area contributed by atoms with Gasteiger partial charge in [-0.15, -0.1) is 5.10 Å². The maximum absolute atomic E-state index is 12.5. The molecule has 2 fully saturated rings. The fraction of sp³-hybridized carbons (Fsp3) is 0.600. The van der Waals surface area contributed by atoms with E-state index in [0.717, 1.165) is 4.90 Å². The summed E-state index contributed by atoms with van der Waals surface area (Å²) in [6.45, 7) is 1.18. The maximum atomic E-state index is 12.5. The molecule has 1 aromatic heterocycles. The van der Waals surface area contributed by atoms with Crippen molar-refractivity contribution in [3.8, 4) is 0 Å². The van der Waals surface area contributed by atoms with Gasteiger partial charge in [0.15, 0.2) is 15.9 Å². The van der Waals surface area contributed by atoms with Crippen LogP contribution in [0.2, 0.25) is 0 Å². The number of β-lactam (4-membered cyclic amide) rings is 1. The van der Waals surface area contributed by atoms with Crippen LogP contribution in [0, 0.1) is 0 Å². The predicted octanol–water partition coefficient (Wildman–Crippen LogP) is -2.17. The van der Waals surface area contributed by atoms with Crippen LogP contribution in [0.1, 0.15) is 13.3 Å². The van der Waals surface area contributed by atoms with Gasteiger partial charge in [0.2, 0.25) is 5.91 Å². The second-order valence-electron chi connectivity index (χ2n) is 5.16. The van der Waals surface area contributed by atoms with Crippen LogP contribution in [0.5, 0.6) is 0 Å². The number of fused-ring (bicyclic) bond motifs is 1. The topological polar surface area (TPSA) is 122 Å². The number of aliphatic carboxylic acids is 1. The molecule has 21 heavy (non-hydrogen) atoms. The Bertz CT molecular complexity index is 690. The number of nitrogens with zero attached hydrogens (tertiary/aromatic N) is 4. The Kier molecular flexibility index (Phi) is 3.94. The number of carbonyl (C=O) groups is 2. The van der Waals surface area contributed by atoms with Gasteiger partial charge in [0.25, 0.3) is 0 Å². The summed E-state index contributed by atoms with van der Waals surface area (Å²) in [4.78, 5) is 24.0. The molecule has 2 saturated heterocycles. The fourth-order valence-electron chi connectivity index (χ4n) is 2.93. The molecule has 3 rings (SSSR count). The van der Waals surface area contributed by atoms with Crippen LogP contribution in [0.25, 0.3) is 0 Å². The van der Waals surface area contributed by atoms with Crippen LogP contribution >= 0.6 is 0 Å². The van der Waals surface area contributed by atoms with E-state index < -0.39 is 37.9 Å². The molecule has 0 bridgehead atoms. The Morgan fingerprint density at radius 2 is 2.24 bits per heavy atom. The van der Waals surface area contributed by atoms with Crippen molar-refractivity contribution < 1.29 is 23.1 Å². The van der Waals surface area contributed by atoms with Crippen LogP contribution in [-0.4, -0.2) is 91.0 Å². The summed E-state index contributed by atoms with van der Waals surface area (Å²) in [5.41, 5.74) is 0. The van der Waals surface area contributed by atoms with E-state index in [0.29, 0.717) is 0 Å². The van der Waals surface area contributed by atoms with Crippen molar-refractivity contribution in [3.05, 3.63) is 12.4 Å². The molecule has 0 aromatic carbocycles. The number of rotatable bonds is 3. The molecule has 2 aliphatic rings. The van der Waals surface area contributed by atoms with E-state index >= 15 is 0 Å². The number of carbonyl (C=O) groups excluding carboxylic acids is 1. The summed E-state index contributed by atoms with van der Waals surface area (Å²) in [5.74, 6) is -1.78. The van der Waals surface area contributed by atoms with Crippen molar-refractivity contribution in [2.75, 3.05) is 0 Å². The average Bonchev–Trinajstić information content (AvgIpc) is 2.87. The molecule has 0 spiro atoms. The normalized spacial score (nSPS) is 33.0. The SMILES string of the molecule is CC1(Cn2ccnn2)[C@H](C(=O)O)N2C(=O)CC2S1(=O)=O.[NaH]. The van der Waals surface area contributed by atoms with E-state index in [1.54, 1.807) is 0 Å². The van der Waals surface area contributed by atoms with Crippen LogP contribution < -0.4 is 0 Å². The molecular weight excluding hydrogens is 311 g/mol. The molecule has 2 unspecified atom stereocenters. The summed E-state index contributed by atoms with van der Waals surface area (Å²) < 4.78 is 24.7. The molecule has 3 heterocycles. The molecule has 110 valence electrons. The van der Waals surface area contributed by atoms with Crippen LogP contribution in [-0.2, 0) is 26.0 Å². The Morgan fingerprint density at radius 1 is 1.57 bits per heavy atom. The van der Waals surface area contributed by atoms with Gasteiger partial charge < -0.3 is 10.0 Å². The summed E-state index contributed by atoms with van der Waals surface area (Å²) in [7, 11) is -3.80. The van der Waals surface area contributed by atoms with E-state index in [1.165, 1.54) is 24.0 Å². The first-order chi connectivity index (χ1) is 9.29. The molecule has 1 amide bonds. The van der Waals surface area contributed by atoms with E-state index in [2.05, 4.69) is 10.3 Å². The zero-order chi connectivity index (χ0) is 14.7. The molecule has 1 aromatic rings. The van der Waals surface area contributed by atoms with Gasteiger partial charge in [-0.05, 0) is 6.92 Å². The Morgan fingerprint density at radius 3 is 2.71 bits per heavy atom. The van der Waals surface area contributed by atoms with E-state index in [4.69, 9.17) is 0 Å². The zero-order valence-electron chi connectivity index (χ0n) is 10.5. The number of sulfone groups is 1. The third-order valence-electron chi connectivity index (χ3n) is 3.99. The standard InChI is InChI=1S/C10H12N4O5S.Na.H/c1-10(5-13-3-2-11-12-13)8(9(16)17)14-6(15)4-7(14)20(10,18)19;;/h2-3,7-8H,4-5H2,1H3,(H,16,17);;/t7?,8-,10?;;/m0../s1. The number of aromatic nitrogens is 3. The van der Waals surface area contributed by atoms with Gasteiger partial charge in [0.1, 0.15) is 10.1 Å². The van der Waals surface area contributed by atoms with Crippen molar-refractivity contribution in [3.63, 3.8) is 0 Å². The number of amides is 1. The van der Waals surface area contributed by atoms with E-state index in [9.17, 15) is 23.1 Å². The Labute approximate surface area is 142 Å². The molecule has 2 aliphatic heterocycles. The van der Waals surface area contributed by atoms with E-state index in [-0.39, 0.29) is 42.5 Å². The van der Waals surface area contributed by atoms with Gasteiger partial charge in [-0.25, -0.2) is 13.2 Å². The molecular formula is C10H13N4NaO5S. The van der Waals surface area contributed by atoms with Crippen molar-refractivity contribution in [2.24, 2.45) is 0 Å². The predicted molar refractivity (Wildman–Crippen MR) is 71.2 cm³/mol. The fourth-order valence-corrected chi connectivity index (χ4v) is 5.29. The molecule has 0 aliphatic carbocycles. The summed E-state index contributed by atoms with van der Waals surface area (Å²) in [5, 5.41) is 15.6. The third kappa shape index (κ3) is 2.04. The van der Waals surface area contributed by atoms with Gasteiger partial charge in [-0.3, -0.25) is 9.48 Å². The molecule has 9 nitrogen and oxygen atoms in total. The quantitative estimate of drug-likeness (QED) is 0.496. The van der Waals surface area contributed by atoms with Crippen LogP contribution in [0.15, 0.2) is 12.4 Å². The summed E-state index contributed by atoms with van der Waals surface area (Å²) in [6, 6.07) is -1.40. The van der Waals surface area contributed by atoms with Gasteiger partial charge >= 0.3 is 35.5 Å². The van der Waals surface area contributed by atoms with E-state index in [1.807, 2.05) is 0 Å². The van der Waals surface area contributed by atoms with Crippen molar-refractivity contribution in [1.82, 2.24) is 19.9 Å². The second kappa shape index (κ2) is 5.04. The average molecular weight is 324 g/mol. The van der Waals surface area contributed by atoms with Crippen LogP contribution in [0.3, 0.4) is 0 Å². The van der Waals surface area contributed by atoms with Crippen molar-refractivity contribution in [2.45, 2.75) is 36.1 Å². The molecule has 3 atom stereocenters. The number of hydrogen-bond acceptors (Lipinski definition) is 6. The van der Waals surface area contributed by atoms with Crippen LogP contribution in [0.4, 0.5) is 0 Å². The first-order valence-electron chi connectivity index (χ1n) is 5.90. The molecule has 0 radical (unpaired) electrons. The first-order valence-corrected chi connectivity index (χ1v) is 7.45. The number of carboxylic acids is 1. The Hall–Kier alpha value is -0.970. The van der Waals surface area contributed by atoms with Gasteiger partial charge in [-0.2, -0.15) is 0 Å². The van der Waals surface area contributed by atoms with Crippen molar-refractivity contribution >= 4 is 51.3 Å². The van der Waals surface area contributed by atoms with Gasteiger partial charge in [0, 0.05) is 6.20 Å². The molecule has 0 saturated carbocycles. The minimum absolute atomic E-state index is 0. The second-order valence-corrected chi connectivity index (χ2v) is 7.73. The minimum atomic E-state index is -3.80. The molecule has 11 heteroatoms. The van der Waals surface area contributed by atoms with Gasteiger partial charge in [0.05, 0.1) is 19.2 Å². The summed E-state index contributed by atoms with van der Waals surface area (Å²) in [6.07, 6.45) is 2.68. The first kappa shape index (κ1) is 16.4. The van der Waals surface area contributed by atoms with Gasteiger partial charge in [-0.1, -0.05) is 5.21 Å². The summed E-state index contributed by atoms with van der Waals surface area (Å²) >= 11 is 0. The number of hydrogen-bond donors (Lipinski definition) is 1. The monoisotopic (exact) mass is 324 g/mol. The van der Waals surface area contributed by atoms with Crippen molar-refractivity contribution in [1.29, 1.82) is 0 Å². The third-order valence-corrected chi connectivity index (χ3v) is 6.76. The Balaban J connectivity index is 0.00000161.